The Balaban J connectivity index is 0. The van der Waals surface area contributed by atoms with Crippen molar-refractivity contribution >= 4 is 30.7 Å². The van der Waals surface area contributed by atoms with Crippen molar-refractivity contribution in [3.63, 3.8) is 0 Å². The van der Waals surface area contributed by atoms with Gasteiger partial charge in [0.1, 0.15) is 0 Å². The molecule has 6 heteroatoms. The Morgan fingerprint density at radius 2 is 1.95 bits per heavy atom. The van der Waals surface area contributed by atoms with Crippen molar-refractivity contribution in [1.82, 2.24) is 15.5 Å². The lowest BCUT2D eigenvalue weighted by Crippen LogP contribution is -2.51. The summed E-state index contributed by atoms with van der Waals surface area (Å²) in [5, 5.41) is 6.51. The number of piperidine rings is 1. The molecule has 0 saturated carbocycles. The molecule has 2 N–H and O–H groups in total. The summed E-state index contributed by atoms with van der Waals surface area (Å²) < 4.78 is 0. The quantitative estimate of drug-likeness (QED) is 0.784. The molecule has 2 atom stereocenters. The Bertz CT molecular complexity index is 247. The predicted molar refractivity (Wildman–Crippen MR) is 90.1 cm³/mol. The van der Waals surface area contributed by atoms with E-state index < -0.39 is 0 Å². The van der Waals surface area contributed by atoms with Gasteiger partial charge in [-0.2, -0.15) is 0 Å². The van der Waals surface area contributed by atoms with Crippen molar-refractivity contribution in [3.05, 3.63) is 0 Å². The fourth-order valence-corrected chi connectivity index (χ4v) is 2.57. The summed E-state index contributed by atoms with van der Waals surface area (Å²) in [6.45, 7) is 6.29. The van der Waals surface area contributed by atoms with Gasteiger partial charge in [-0.05, 0) is 45.8 Å². The van der Waals surface area contributed by atoms with E-state index in [4.69, 9.17) is 0 Å². The molecule has 20 heavy (non-hydrogen) atoms. The van der Waals surface area contributed by atoms with E-state index in [-0.39, 0.29) is 42.8 Å². The van der Waals surface area contributed by atoms with Gasteiger partial charge in [0.25, 0.3) is 0 Å². The Hall–Kier alpha value is -0.0300. The second-order valence-corrected chi connectivity index (χ2v) is 6.10. The Morgan fingerprint density at radius 3 is 2.40 bits per heavy atom. The van der Waals surface area contributed by atoms with Gasteiger partial charge in [0.2, 0.25) is 5.91 Å². The molecule has 1 rings (SSSR count). The van der Waals surface area contributed by atoms with Gasteiger partial charge in [0.15, 0.2) is 0 Å². The van der Waals surface area contributed by atoms with Gasteiger partial charge in [0.05, 0.1) is 6.04 Å². The van der Waals surface area contributed by atoms with Crippen molar-refractivity contribution in [2.45, 2.75) is 51.6 Å². The molecule has 1 amide bonds. The fraction of sp³-hybridized carbons (Fsp3) is 0.929. The van der Waals surface area contributed by atoms with Crippen LogP contribution >= 0.6 is 24.8 Å². The van der Waals surface area contributed by atoms with Gasteiger partial charge in [-0.3, -0.25) is 4.79 Å². The number of rotatable bonds is 6. The van der Waals surface area contributed by atoms with Gasteiger partial charge in [-0.25, -0.2) is 0 Å². The normalized spacial score (nSPS) is 20.0. The van der Waals surface area contributed by atoms with Crippen LogP contribution in [0.3, 0.4) is 0 Å². The van der Waals surface area contributed by atoms with Crippen LogP contribution < -0.4 is 10.6 Å². The van der Waals surface area contributed by atoms with Gasteiger partial charge in [-0.1, -0.05) is 20.3 Å². The number of amides is 1. The van der Waals surface area contributed by atoms with E-state index in [1.54, 1.807) is 0 Å². The highest BCUT2D eigenvalue weighted by Gasteiger charge is 2.23. The maximum absolute atomic E-state index is 12.2. The zero-order chi connectivity index (χ0) is 13.5. The minimum Gasteiger partial charge on any atom is -0.351 e. The lowest BCUT2D eigenvalue weighted by molar-refractivity contribution is -0.124. The van der Waals surface area contributed by atoms with E-state index >= 15 is 0 Å². The smallest absolute Gasteiger partial charge is 0.237 e. The molecule has 122 valence electrons. The molecule has 1 heterocycles. The summed E-state index contributed by atoms with van der Waals surface area (Å²) in [7, 11) is 4.11. The minimum absolute atomic E-state index is 0. The molecular weight excluding hydrogens is 297 g/mol. The van der Waals surface area contributed by atoms with Gasteiger partial charge in [-0.15, -0.1) is 24.8 Å². The molecule has 0 aromatic heterocycles. The van der Waals surface area contributed by atoms with E-state index in [1.165, 1.54) is 6.42 Å². The summed E-state index contributed by atoms with van der Waals surface area (Å²) >= 11 is 0. The Kier molecular flexibility index (Phi) is 12.9. The van der Waals surface area contributed by atoms with E-state index in [9.17, 15) is 4.79 Å². The lowest BCUT2D eigenvalue weighted by atomic mass is 10.0. The molecule has 2 unspecified atom stereocenters. The van der Waals surface area contributed by atoms with Crippen molar-refractivity contribution in [2.75, 3.05) is 27.2 Å². The predicted octanol–water partition coefficient (Wildman–Crippen LogP) is 2.06. The summed E-state index contributed by atoms with van der Waals surface area (Å²) in [4.78, 5) is 14.3. The number of nitrogens with one attached hydrogen (secondary N) is 2. The van der Waals surface area contributed by atoms with Crippen LogP contribution in [0.2, 0.25) is 0 Å². The SMILES string of the molecule is CC(C)CC(CN(C)C)NC(=O)C1CCCCN1.Cl.Cl. The lowest BCUT2D eigenvalue weighted by Gasteiger charge is -2.28. The topological polar surface area (TPSA) is 44.4 Å². The molecule has 0 aromatic carbocycles. The molecule has 0 radical (unpaired) electrons. The first-order chi connectivity index (χ1) is 8.49. The second-order valence-electron chi connectivity index (χ2n) is 6.10. The molecule has 0 spiro atoms. The maximum atomic E-state index is 12.2. The number of carbonyl (C=O) groups excluding carboxylic acids is 1. The number of hydrogen-bond acceptors (Lipinski definition) is 3. The highest BCUT2D eigenvalue weighted by Crippen LogP contribution is 2.09. The van der Waals surface area contributed by atoms with Gasteiger partial charge < -0.3 is 15.5 Å². The Morgan fingerprint density at radius 1 is 1.30 bits per heavy atom. The van der Waals surface area contributed by atoms with E-state index in [2.05, 4.69) is 43.5 Å². The molecule has 1 aliphatic rings. The molecule has 0 bridgehead atoms. The van der Waals surface area contributed by atoms with Crippen LogP contribution in [-0.2, 0) is 4.79 Å². The highest BCUT2D eigenvalue weighted by atomic mass is 35.5. The summed E-state index contributed by atoms with van der Waals surface area (Å²) in [6.07, 6.45) is 4.36. The average molecular weight is 328 g/mol. The fourth-order valence-electron chi connectivity index (χ4n) is 2.57. The zero-order valence-electron chi connectivity index (χ0n) is 13.1. The third-order valence-corrected chi connectivity index (χ3v) is 3.31. The van der Waals surface area contributed by atoms with E-state index in [0.29, 0.717) is 5.92 Å². The van der Waals surface area contributed by atoms with Crippen LogP contribution in [0.1, 0.15) is 39.5 Å². The molecule has 1 saturated heterocycles. The number of carbonyl (C=O) groups is 1. The minimum atomic E-state index is 0. The van der Waals surface area contributed by atoms with Crippen LogP contribution in [0.4, 0.5) is 0 Å². The molecule has 0 aliphatic carbocycles. The molecule has 0 aromatic rings. The maximum Gasteiger partial charge on any atom is 0.237 e. The third kappa shape index (κ3) is 9.01. The highest BCUT2D eigenvalue weighted by molar-refractivity contribution is 5.85. The van der Waals surface area contributed by atoms with Crippen LogP contribution in [0.25, 0.3) is 0 Å². The standard InChI is InChI=1S/C14H29N3O.2ClH/c1-11(2)9-12(10-17(3)4)16-14(18)13-7-5-6-8-15-13;;/h11-13,15H,5-10H2,1-4H3,(H,16,18);2*1H. The molecule has 4 nitrogen and oxygen atoms in total. The average Bonchev–Trinajstić information content (AvgIpc) is 2.28. The third-order valence-electron chi connectivity index (χ3n) is 3.31. The second kappa shape index (κ2) is 11.6. The number of likely N-dealkylation sites (N-methyl/N-ethyl adjacent to an activating group) is 1. The molecular formula is C14H31Cl2N3O. The van der Waals surface area contributed by atoms with Crippen LogP contribution in [-0.4, -0.2) is 50.1 Å². The van der Waals surface area contributed by atoms with Crippen LogP contribution in [0.5, 0.6) is 0 Å². The van der Waals surface area contributed by atoms with Gasteiger partial charge in [0, 0.05) is 12.6 Å². The first-order valence-corrected chi connectivity index (χ1v) is 7.17. The van der Waals surface area contributed by atoms with E-state index in [0.717, 1.165) is 32.4 Å². The van der Waals surface area contributed by atoms with Crippen molar-refractivity contribution in [2.24, 2.45) is 5.92 Å². The van der Waals surface area contributed by atoms with Crippen molar-refractivity contribution in [3.8, 4) is 0 Å². The van der Waals surface area contributed by atoms with Crippen molar-refractivity contribution in [1.29, 1.82) is 0 Å². The van der Waals surface area contributed by atoms with Gasteiger partial charge >= 0.3 is 0 Å². The van der Waals surface area contributed by atoms with Crippen molar-refractivity contribution < 1.29 is 4.79 Å². The number of nitrogens with zero attached hydrogens (tertiary/aromatic N) is 1. The van der Waals surface area contributed by atoms with E-state index in [1.807, 2.05) is 0 Å². The first kappa shape index (κ1) is 22.3. The largest absolute Gasteiger partial charge is 0.351 e. The summed E-state index contributed by atoms with van der Waals surface area (Å²) in [5.74, 6) is 0.789. The van der Waals surface area contributed by atoms with Crippen LogP contribution in [0.15, 0.2) is 0 Å². The zero-order valence-corrected chi connectivity index (χ0v) is 14.8. The summed E-state index contributed by atoms with van der Waals surface area (Å²) in [5.41, 5.74) is 0. The number of hydrogen-bond donors (Lipinski definition) is 2. The molecule has 1 fully saturated rings. The Labute approximate surface area is 136 Å². The monoisotopic (exact) mass is 327 g/mol. The van der Waals surface area contributed by atoms with Crippen LogP contribution in [0, 0.1) is 5.92 Å². The number of halogens is 2. The molecule has 1 aliphatic heterocycles. The summed E-state index contributed by atoms with van der Waals surface area (Å²) in [6, 6.07) is 0.284. The first-order valence-electron chi connectivity index (χ1n) is 7.17.